The highest BCUT2D eigenvalue weighted by atomic mass is 32.2. The minimum Gasteiger partial charge on any atom is -0.292 e. The summed E-state index contributed by atoms with van der Waals surface area (Å²) in [6.07, 6.45) is 5.08. The Bertz CT molecular complexity index is 410. The van der Waals surface area contributed by atoms with E-state index in [4.69, 9.17) is 0 Å². The number of hydrogen-bond donors (Lipinski definition) is 0. The van der Waals surface area contributed by atoms with Gasteiger partial charge >= 0.3 is 0 Å². The molecule has 0 aromatic carbocycles. The molecule has 0 fully saturated rings. The number of nitrogens with zero attached hydrogens (tertiary/aromatic N) is 2. The normalized spacial score (nSPS) is 10.8. The predicted molar refractivity (Wildman–Crippen MR) is 46.9 cm³/mol. The van der Waals surface area contributed by atoms with Gasteiger partial charge in [0.2, 0.25) is 0 Å². The van der Waals surface area contributed by atoms with Crippen molar-refractivity contribution in [3.05, 3.63) is 30.3 Å². The molecule has 4 heteroatoms. The molecule has 2 rings (SSSR count). The summed E-state index contributed by atoms with van der Waals surface area (Å²) in [4.78, 5) is 4.11. The third-order valence-electron chi connectivity index (χ3n) is 1.64. The van der Waals surface area contributed by atoms with E-state index in [0.29, 0.717) is 0 Å². The number of aromatic nitrogens is 2. The Morgan fingerprint density at radius 2 is 2.33 bits per heavy atom. The van der Waals surface area contributed by atoms with Gasteiger partial charge in [0.05, 0.1) is 11.7 Å². The lowest BCUT2D eigenvalue weighted by atomic mass is 10.4. The lowest BCUT2D eigenvalue weighted by Crippen LogP contribution is -1.87. The number of fused-ring (bicyclic) bond motifs is 1. The fraction of sp³-hybridized carbons (Fsp3) is 0.125. The Morgan fingerprint density at radius 3 is 3.08 bits per heavy atom. The van der Waals surface area contributed by atoms with Crippen LogP contribution in [0.5, 0.6) is 0 Å². The van der Waals surface area contributed by atoms with Crippen molar-refractivity contribution < 1.29 is 4.39 Å². The van der Waals surface area contributed by atoms with Crippen LogP contribution in [0.1, 0.15) is 0 Å². The Labute approximate surface area is 73.4 Å². The SMILES string of the molecule is CSc1ncc2ccc(F)cn12. The second-order valence-corrected chi connectivity index (χ2v) is 3.16. The molecule has 12 heavy (non-hydrogen) atoms. The number of halogens is 1. The zero-order valence-corrected chi connectivity index (χ0v) is 7.31. The van der Waals surface area contributed by atoms with Gasteiger partial charge < -0.3 is 0 Å². The maximum Gasteiger partial charge on any atom is 0.172 e. The highest BCUT2D eigenvalue weighted by molar-refractivity contribution is 7.98. The Morgan fingerprint density at radius 1 is 1.50 bits per heavy atom. The highest BCUT2D eigenvalue weighted by Crippen LogP contribution is 2.15. The first kappa shape index (κ1) is 7.61. The van der Waals surface area contributed by atoms with Crippen molar-refractivity contribution in [3.63, 3.8) is 0 Å². The molecule has 2 heterocycles. The monoisotopic (exact) mass is 182 g/mol. The summed E-state index contributed by atoms with van der Waals surface area (Å²) in [5.74, 6) is -0.240. The van der Waals surface area contributed by atoms with Crippen molar-refractivity contribution in [2.45, 2.75) is 5.16 Å². The summed E-state index contributed by atoms with van der Waals surface area (Å²) < 4.78 is 14.5. The van der Waals surface area contributed by atoms with E-state index in [-0.39, 0.29) is 5.82 Å². The molecule has 0 aliphatic heterocycles. The minimum atomic E-state index is -0.240. The molecule has 0 bridgehead atoms. The smallest absolute Gasteiger partial charge is 0.172 e. The summed E-state index contributed by atoms with van der Waals surface area (Å²) in [7, 11) is 0. The largest absolute Gasteiger partial charge is 0.292 e. The van der Waals surface area contributed by atoms with Crippen molar-refractivity contribution in [1.82, 2.24) is 9.38 Å². The zero-order chi connectivity index (χ0) is 8.55. The molecular formula is C8H7FN2S. The van der Waals surface area contributed by atoms with Crippen LogP contribution in [0, 0.1) is 5.82 Å². The fourth-order valence-corrected chi connectivity index (χ4v) is 1.60. The molecule has 2 aromatic rings. The molecule has 0 atom stereocenters. The standard InChI is InChI=1S/C8H7FN2S/c1-12-8-10-4-7-3-2-6(9)5-11(7)8/h2-5H,1H3. The maximum absolute atomic E-state index is 12.8. The van der Waals surface area contributed by atoms with Crippen LogP contribution < -0.4 is 0 Å². The number of imidazole rings is 1. The third-order valence-corrected chi connectivity index (χ3v) is 2.31. The van der Waals surface area contributed by atoms with E-state index in [1.807, 2.05) is 6.26 Å². The van der Waals surface area contributed by atoms with E-state index in [2.05, 4.69) is 4.98 Å². The van der Waals surface area contributed by atoms with Crippen LogP contribution in [-0.2, 0) is 0 Å². The van der Waals surface area contributed by atoms with Crippen LogP contribution >= 0.6 is 11.8 Å². The molecule has 0 spiro atoms. The van der Waals surface area contributed by atoms with E-state index >= 15 is 0 Å². The summed E-state index contributed by atoms with van der Waals surface area (Å²) >= 11 is 1.50. The average molecular weight is 182 g/mol. The Hall–Kier alpha value is -1.03. The third kappa shape index (κ3) is 1.08. The van der Waals surface area contributed by atoms with E-state index in [1.54, 1.807) is 16.7 Å². The van der Waals surface area contributed by atoms with Gasteiger partial charge in [-0.05, 0) is 18.4 Å². The van der Waals surface area contributed by atoms with Crippen molar-refractivity contribution >= 4 is 17.3 Å². The Kier molecular flexibility index (Phi) is 1.77. The molecule has 0 saturated heterocycles. The summed E-state index contributed by atoms with van der Waals surface area (Å²) in [6, 6.07) is 3.14. The van der Waals surface area contributed by atoms with Gasteiger partial charge in [0.1, 0.15) is 5.82 Å². The van der Waals surface area contributed by atoms with E-state index < -0.39 is 0 Å². The lowest BCUT2D eigenvalue weighted by Gasteiger charge is -1.96. The van der Waals surface area contributed by atoms with Crippen LogP contribution in [0.3, 0.4) is 0 Å². The average Bonchev–Trinajstić information content (AvgIpc) is 2.46. The second-order valence-electron chi connectivity index (χ2n) is 2.39. The van der Waals surface area contributed by atoms with E-state index in [1.165, 1.54) is 24.0 Å². The van der Waals surface area contributed by atoms with Gasteiger partial charge in [-0.15, -0.1) is 0 Å². The summed E-state index contributed by atoms with van der Waals surface area (Å²) in [6.45, 7) is 0. The molecule has 0 amide bonds. The van der Waals surface area contributed by atoms with Gasteiger partial charge in [0.15, 0.2) is 5.16 Å². The van der Waals surface area contributed by atoms with Crippen molar-refractivity contribution in [2.75, 3.05) is 6.26 Å². The quantitative estimate of drug-likeness (QED) is 0.629. The molecule has 2 aromatic heterocycles. The predicted octanol–water partition coefficient (Wildman–Crippen LogP) is 2.20. The first-order valence-corrected chi connectivity index (χ1v) is 4.70. The second kappa shape index (κ2) is 2.79. The van der Waals surface area contributed by atoms with Gasteiger partial charge in [-0.2, -0.15) is 0 Å². The molecule has 0 unspecified atom stereocenters. The lowest BCUT2D eigenvalue weighted by molar-refractivity contribution is 0.616. The van der Waals surface area contributed by atoms with Crippen LogP contribution in [-0.4, -0.2) is 15.6 Å². The molecular weight excluding hydrogens is 175 g/mol. The van der Waals surface area contributed by atoms with Crippen LogP contribution in [0.2, 0.25) is 0 Å². The first-order chi connectivity index (χ1) is 5.81. The zero-order valence-electron chi connectivity index (χ0n) is 6.49. The van der Waals surface area contributed by atoms with Gasteiger partial charge in [0.25, 0.3) is 0 Å². The number of pyridine rings is 1. The van der Waals surface area contributed by atoms with Crippen molar-refractivity contribution in [2.24, 2.45) is 0 Å². The molecule has 0 aliphatic carbocycles. The van der Waals surface area contributed by atoms with Crippen LogP contribution in [0.15, 0.2) is 29.7 Å². The molecule has 0 saturated carbocycles. The molecule has 0 N–H and O–H groups in total. The molecule has 0 aliphatic rings. The maximum atomic E-state index is 12.8. The number of thioether (sulfide) groups is 1. The fourth-order valence-electron chi connectivity index (χ4n) is 1.09. The van der Waals surface area contributed by atoms with E-state index in [9.17, 15) is 4.39 Å². The summed E-state index contributed by atoms with van der Waals surface area (Å²) in [5, 5.41) is 0.810. The molecule has 0 radical (unpaired) electrons. The van der Waals surface area contributed by atoms with Crippen LogP contribution in [0.4, 0.5) is 4.39 Å². The summed E-state index contributed by atoms with van der Waals surface area (Å²) in [5.41, 5.74) is 0.917. The minimum absolute atomic E-state index is 0.240. The highest BCUT2D eigenvalue weighted by Gasteiger charge is 2.01. The van der Waals surface area contributed by atoms with Crippen LogP contribution in [0.25, 0.3) is 5.52 Å². The van der Waals surface area contributed by atoms with Gasteiger partial charge in [-0.3, -0.25) is 4.40 Å². The molecule has 62 valence electrons. The van der Waals surface area contributed by atoms with Gasteiger partial charge in [-0.25, -0.2) is 9.37 Å². The number of rotatable bonds is 1. The molecule has 2 nitrogen and oxygen atoms in total. The number of hydrogen-bond acceptors (Lipinski definition) is 2. The van der Waals surface area contributed by atoms with Gasteiger partial charge in [-0.1, -0.05) is 11.8 Å². The van der Waals surface area contributed by atoms with Gasteiger partial charge in [0, 0.05) is 6.20 Å². The topological polar surface area (TPSA) is 17.3 Å². The van der Waals surface area contributed by atoms with Crippen molar-refractivity contribution in [3.8, 4) is 0 Å². The van der Waals surface area contributed by atoms with Crippen molar-refractivity contribution in [1.29, 1.82) is 0 Å². The van der Waals surface area contributed by atoms with E-state index in [0.717, 1.165) is 10.7 Å². The Balaban J connectivity index is 2.75. The first-order valence-electron chi connectivity index (χ1n) is 3.48.